The molecule has 0 atom stereocenters. The molecule has 0 bridgehead atoms. The second-order valence-corrected chi connectivity index (χ2v) is 10.2. The Bertz CT molecular complexity index is 438. The molecule has 0 fully saturated rings. The van der Waals surface area contributed by atoms with Gasteiger partial charge in [0.2, 0.25) is 0 Å². The summed E-state index contributed by atoms with van der Waals surface area (Å²) < 4.78 is 16.9. The van der Waals surface area contributed by atoms with E-state index in [1.54, 1.807) is 24.3 Å². The molecule has 1 aromatic carbocycles. The second-order valence-electron chi connectivity index (χ2n) is 8.50. The summed E-state index contributed by atoms with van der Waals surface area (Å²) in [6, 6.07) is 8.71. The first kappa shape index (κ1) is 34.2. The van der Waals surface area contributed by atoms with Gasteiger partial charge >= 0.3 is 9.05 Å². The zero-order chi connectivity index (χ0) is 19.2. The van der Waals surface area contributed by atoms with E-state index in [4.69, 9.17) is 18.4 Å². The molecule has 0 spiro atoms. The molecule has 0 unspecified atom stereocenters. The number of hydrogen-bond donors (Lipinski definition) is 2. The Morgan fingerprint density at radius 3 is 1.07 bits per heavy atom. The fourth-order valence-electron chi connectivity index (χ4n) is 1.65. The number of phenolic OH excluding ortho intramolecular Hbond substituents is 1. The van der Waals surface area contributed by atoms with Gasteiger partial charge in [-0.2, -0.15) is 0 Å². The standard InChI is InChI=1S/C12H28O4Si.C6H6O.2H2O.Ti/c1-10(2,3)14-17(13,15-11(4,5)6)16-12(7,8)9;7-6-4-2-1-3-5-6;;;/h13H,1-9H3;1-5,7H;2*1H2;. The first-order valence-corrected chi connectivity index (χ1v) is 9.75. The largest absolute Gasteiger partial charge is 0.678 e. The van der Waals surface area contributed by atoms with Gasteiger partial charge in [-0.15, -0.1) is 0 Å². The van der Waals surface area contributed by atoms with Gasteiger partial charge in [0.15, 0.2) is 0 Å². The summed E-state index contributed by atoms with van der Waals surface area (Å²) in [5.74, 6) is 0.322. The van der Waals surface area contributed by atoms with Gasteiger partial charge in [-0.05, 0) is 74.4 Å². The van der Waals surface area contributed by atoms with E-state index >= 15 is 0 Å². The SMILES string of the molecule is CC(C)(C)O[Si](O)(OC(C)(C)C)OC(C)(C)C.O.O.Oc1ccccc1.[Ti]. The van der Waals surface area contributed by atoms with E-state index < -0.39 is 25.9 Å². The Kier molecular flexibility index (Phi) is 16.5. The van der Waals surface area contributed by atoms with Crippen LogP contribution in [0.3, 0.4) is 0 Å². The normalized spacial score (nSPS) is 11.8. The van der Waals surface area contributed by atoms with Crippen molar-refractivity contribution in [3.05, 3.63) is 30.3 Å². The third-order valence-electron chi connectivity index (χ3n) is 2.06. The van der Waals surface area contributed by atoms with Crippen LogP contribution in [0.5, 0.6) is 5.75 Å². The summed E-state index contributed by atoms with van der Waals surface area (Å²) in [4.78, 5) is 10.5. The van der Waals surface area contributed by atoms with E-state index in [0.717, 1.165) is 0 Å². The van der Waals surface area contributed by atoms with Gasteiger partial charge in [0, 0.05) is 21.7 Å². The Hall–Kier alpha value is -0.289. The number of benzene rings is 1. The Balaban J connectivity index is -0.000000224. The zero-order valence-electron chi connectivity index (χ0n) is 18.0. The van der Waals surface area contributed by atoms with E-state index in [-0.39, 0.29) is 32.7 Å². The van der Waals surface area contributed by atoms with Gasteiger partial charge in [-0.1, -0.05) is 18.2 Å². The quantitative estimate of drug-likeness (QED) is 0.695. The Labute approximate surface area is 180 Å². The molecule has 7 nitrogen and oxygen atoms in total. The minimum atomic E-state index is -3.66. The summed E-state index contributed by atoms with van der Waals surface area (Å²) in [5, 5.41) is 8.63. The van der Waals surface area contributed by atoms with Crippen molar-refractivity contribution in [2.75, 3.05) is 0 Å². The molecule has 1 rings (SSSR count). The van der Waals surface area contributed by atoms with Crippen molar-refractivity contribution >= 4 is 9.05 Å². The summed E-state index contributed by atoms with van der Waals surface area (Å²) >= 11 is 0. The van der Waals surface area contributed by atoms with Crippen LogP contribution in [0.25, 0.3) is 0 Å². The third kappa shape index (κ3) is 21.9. The van der Waals surface area contributed by atoms with Crippen LogP contribution in [0, 0.1) is 0 Å². The minimum Gasteiger partial charge on any atom is -0.508 e. The molecule has 0 saturated carbocycles. The fraction of sp³-hybridized carbons (Fsp3) is 0.667. The molecule has 0 aliphatic carbocycles. The molecule has 0 saturated heterocycles. The van der Waals surface area contributed by atoms with Crippen LogP contribution in [0.2, 0.25) is 0 Å². The van der Waals surface area contributed by atoms with Crippen molar-refractivity contribution in [3.8, 4) is 5.75 Å². The molecule has 0 aliphatic rings. The van der Waals surface area contributed by atoms with Gasteiger partial charge in [0.1, 0.15) is 5.75 Å². The predicted molar refractivity (Wildman–Crippen MR) is 106 cm³/mol. The molecule has 0 aromatic heterocycles. The predicted octanol–water partition coefficient (Wildman–Crippen LogP) is 2.60. The monoisotopic (exact) mass is 442 g/mol. The number of rotatable bonds is 3. The van der Waals surface area contributed by atoms with Crippen LogP contribution < -0.4 is 0 Å². The van der Waals surface area contributed by atoms with Crippen LogP contribution in [-0.2, 0) is 35.0 Å². The molecule has 27 heavy (non-hydrogen) atoms. The van der Waals surface area contributed by atoms with E-state index in [2.05, 4.69) is 0 Å². The van der Waals surface area contributed by atoms with Crippen molar-refractivity contribution < 1.29 is 55.9 Å². The zero-order valence-corrected chi connectivity index (χ0v) is 20.6. The van der Waals surface area contributed by atoms with E-state index in [1.165, 1.54) is 0 Å². The van der Waals surface area contributed by atoms with Crippen LogP contribution in [-0.4, -0.2) is 46.7 Å². The average molecular weight is 442 g/mol. The molecule has 6 N–H and O–H groups in total. The van der Waals surface area contributed by atoms with Crippen molar-refractivity contribution in [1.29, 1.82) is 0 Å². The van der Waals surface area contributed by atoms with Crippen LogP contribution in [0.4, 0.5) is 0 Å². The smallest absolute Gasteiger partial charge is 0.508 e. The van der Waals surface area contributed by atoms with Gasteiger partial charge in [0.05, 0.1) is 16.8 Å². The van der Waals surface area contributed by atoms with Crippen molar-refractivity contribution in [2.45, 2.75) is 79.1 Å². The maximum atomic E-state index is 10.5. The third-order valence-corrected chi connectivity index (χ3v) is 4.67. The first-order chi connectivity index (χ1) is 10.5. The minimum absolute atomic E-state index is 0. The average Bonchev–Trinajstić information content (AvgIpc) is 2.21. The molecule has 0 amide bonds. The van der Waals surface area contributed by atoms with Gasteiger partial charge in [-0.3, -0.25) is 0 Å². The van der Waals surface area contributed by atoms with Crippen LogP contribution >= 0.6 is 0 Å². The maximum Gasteiger partial charge on any atom is 0.678 e. The van der Waals surface area contributed by atoms with Crippen molar-refractivity contribution in [2.24, 2.45) is 0 Å². The number of phenols is 1. The molecule has 1 aromatic rings. The van der Waals surface area contributed by atoms with Crippen LogP contribution in [0.1, 0.15) is 62.3 Å². The molecule has 0 radical (unpaired) electrons. The Morgan fingerprint density at radius 2 is 0.926 bits per heavy atom. The second kappa shape index (κ2) is 13.0. The number of para-hydroxylation sites is 1. The summed E-state index contributed by atoms with van der Waals surface area (Å²) in [6.45, 7) is 16.8. The number of aromatic hydroxyl groups is 1. The summed E-state index contributed by atoms with van der Waals surface area (Å²) in [6.07, 6.45) is 0. The van der Waals surface area contributed by atoms with Crippen molar-refractivity contribution in [3.63, 3.8) is 0 Å². The molecule has 0 aliphatic heterocycles. The maximum absolute atomic E-state index is 10.5. The molecule has 0 heterocycles. The van der Waals surface area contributed by atoms with Gasteiger partial charge in [0.25, 0.3) is 0 Å². The van der Waals surface area contributed by atoms with Gasteiger partial charge in [-0.25, -0.2) is 0 Å². The van der Waals surface area contributed by atoms with Crippen molar-refractivity contribution in [1.82, 2.24) is 0 Å². The first-order valence-electron chi connectivity index (χ1n) is 8.08. The Morgan fingerprint density at radius 1 is 0.667 bits per heavy atom. The topological polar surface area (TPSA) is 131 Å². The molecular weight excluding hydrogens is 404 g/mol. The molecule has 9 heteroatoms. The fourth-order valence-corrected chi connectivity index (χ4v) is 4.10. The summed E-state index contributed by atoms with van der Waals surface area (Å²) in [7, 11) is -3.66. The van der Waals surface area contributed by atoms with E-state index in [1.807, 2.05) is 68.4 Å². The van der Waals surface area contributed by atoms with Crippen LogP contribution in [0.15, 0.2) is 30.3 Å². The number of hydrogen-bond acceptors (Lipinski definition) is 5. The molecule has 160 valence electrons. The van der Waals surface area contributed by atoms with Gasteiger partial charge < -0.3 is 34.1 Å². The van der Waals surface area contributed by atoms with E-state index in [9.17, 15) is 4.80 Å². The molecular formula is C18H38O7SiTi. The van der Waals surface area contributed by atoms with E-state index in [0.29, 0.717) is 5.75 Å². The summed E-state index contributed by atoms with van der Waals surface area (Å²) in [5.41, 5.74) is -1.55.